The van der Waals surface area contributed by atoms with Crippen molar-refractivity contribution < 1.29 is 27.9 Å². The normalized spacial score (nSPS) is 18.1. The summed E-state index contributed by atoms with van der Waals surface area (Å²) in [6, 6.07) is 14.0. The molecule has 0 spiro atoms. The topological polar surface area (TPSA) is 104 Å². The predicted molar refractivity (Wildman–Crippen MR) is 128 cm³/mol. The molecule has 0 saturated carbocycles. The Bertz CT molecular complexity index is 1160. The summed E-state index contributed by atoms with van der Waals surface area (Å²) in [5.74, 6) is -1.80. The summed E-state index contributed by atoms with van der Waals surface area (Å²) in [6.07, 6.45) is 0.533. The Labute approximate surface area is 200 Å². The van der Waals surface area contributed by atoms with E-state index < -0.39 is 27.8 Å². The number of ketones is 1. The average Bonchev–Trinajstić information content (AvgIpc) is 3.10. The van der Waals surface area contributed by atoms with Crippen molar-refractivity contribution in [3.05, 3.63) is 71.3 Å². The third-order valence-electron chi connectivity index (χ3n) is 5.87. The largest absolute Gasteiger partial charge is 0.507 e. The first-order chi connectivity index (χ1) is 16.3. The molecule has 182 valence electrons. The molecule has 1 N–H and O–H groups in total. The standard InChI is InChI=1S/C25H30N2O6S/c1-4-26(5-2)34(31,32)20-14-12-19(13-15-20)23(28)21-22(18-10-7-6-8-11-18)27(16-9-17-33-3)25(30)24(21)29/h6-8,10-15,22,28H,4-5,9,16-17H2,1-3H3/b23-21+. The molecule has 0 aromatic heterocycles. The first-order valence-electron chi connectivity index (χ1n) is 11.2. The summed E-state index contributed by atoms with van der Waals surface area (Å²) in [5, 5.41) is 11.1. The summed E-state index contributed by atoms with van der Waals surface area (Å²) < 4.78 is 32.0. The molecule has 1 saturated heterocycles. The highest BCUT2D eigenvalue weighted by molar-refractivity contribution is 7.89. The minimum Gasteiger partial charge on any atom is -0.507 e. The number of ether oxygens (including phenoxy) is 1. The van der Waals surface area contributed by atoms with Gasteiger partial charge in [0.15, 0.2) is 0 Å². The van der Waals surface area contributed by atoms with Gasteiger partial charge in [-0.3, -0.25) is 9.59 Å². The van der Waals surface area contributed by atoms with E-state index in [4.69, 9.17) is 4.74 Å². The van der Waals surface area contributed by atoms with Gasteiger partial charge in [-0.15, -0.1) is 0 Å². The number of sulfonamides is 1. The number of likely N-dealkylation sites (tertiary alicyclic amines) is 1. The van der Waals surface area contributed by atoms with Gasteiger partial charge in [0.25, 0.3) is 11.7 Å². The van der Waals surface area contributed by atoms with Crippen LogP contribution in [-0.4, -0.2) is 67.8 Å². The number of amides is 1. The molecule has 1 unspecified atom stereocenters. The quantitative estimate of drug-likeness (QED) is 0.239. The van der Waals surface area contributed by atoms with E-state index in [1.165, 1.54) is 33.5 Å². The Morgan fingerprint density at radius 1 is 1.03 bits per heavy atom. The second-order valence-corrected chi connectivity index (χ2v) is 9.80. The van der Waals surface area contributed by atoms with Gasteiger partial charge in [-0.25, -0.2) is 8.42 Å². The van der Waals surface area contributed by atoms with E-state index in [1.54, 1.807) is 45.2 Å². The summed E-state index contributed by atoms with van der Waals surface area (Å²) in [6.45, 7) is 4.91. The van der Waals surface area contributed by atoms with Gasteiger partial charge in [0.05, 0.1) is 16.5 Å². The molecule has 0 bridgehead atoms. The first kappa shape index (κ1) is 25.6. The number of carbonyl (C=O) groups is 2. The van der Waals surface area contributed by atoms with Crippen LogP contribution in [0.25, 0.3) is 5.76 Å². The number of Topliss-reactive ketones (excluding diaryl/α,β-unsaturated/α-hetero) is 1. The van der Waals surface area contributed by atoms with E-state index in [9.17, 15) is 23.1 Å². The zero-order chi connectivity index (χ0) is 24.9. The van der Waals surface area contributed by atoms with Gasteiger partial charge in [0, 0.05) is 38.9 Å². The molecule has 1 aliphatic heterocycles. The van der Waals surface area contributed by atoms with Crippen LogP contribution in [0.1, 0.15) is 37.4 Å². The van der Waals surface area contributed by atoms with E-state index in [1.807, 2.05) is 6.07 Å². The lowest BCUT2D eigenvalue weighted by Crippen LogP contribution is -2.31. The van der Waals surface area contributed by atoms with Gasteiger partial charge in [0.1, 0.15) is 5.76 Å². The summed E-state index contributed by atoms with van der Waals surface area (Å²) in [7, 11) is -2.10. The highest BCUT2D eigenvalue weighted by atomic mass is 32.2. The van der Waals surface area contributed by atoms with Crippen LogP contribution in [0.4, 0.5) is 0 Å². The average molecular weight is 487 g/mol. The molecule has 2 aromatic carbocycles. The van der Waals surface area contributed by atoms with Crippen molar-refractivity contribution in [2.24, 2.45) is 0 Å². The van der Waals surface area contributed by atoms with E-state index in [2.05, 4.69) is 0 Å². The Morgan fingerprint density at radius 3 is 2.21 bits per heavy atom. The van der Waals surface area contributed by atoms with E-state index >= 15 is 0 Å². The maximum atomic E-state index is 13.0. The molecule has 1 aliphatic rings. The molecule has 2 aromatic rings. The van der Waals surface area contributed by atoms with Gasteiger partial charge >= 0.3 is 0 Å². The fraction of sp³-hybridized carbons (Fsp3) is 0.360. The molecular formula is C25H30N2O6S. The highest BCUT2D eigenvalue weighted by Crippen LogP contribution is 2.39. The van der Waals surface area contributed by atoms with Crippen LogP contribution in [0.2, 0.25) is 0 Å². The van der Waals surface area contributed by atoms with Crippen molar-refractivity contribution >= 4 is 27.5 Å². The van der Waals surface area contributed by atoms with Crippen molar-refractivity contribution in [1.82, 2.24) is 9.21 Å². The number of nitrogens with zero attached hydrogens (tertiary/aromatic N) is 2. The number of aliphatic hydroxyl groups is 1. The highest BCUT2D eigenvalue weighted by Gasteiger charge is 2.45. The lowest BCUT2D eigenvalue weighted by atomic mass is 9.95. The molecule has 3 rings (SSSR count). The molecule has 0 aliphatic carbocycles. The summed E-state index contributed by atoms with van der Waals surface area (Å²) >= 11 is 0. The van der Waals surface area contributed by atoms with Crippen molar-refractivity contribution in [3.8, 4) is 0 Å². The fourth-order valence-corrected chi connectivity index (χ4v) is 5.58. The SMILES string of the molecule is CCN(CC)S(=O)(=O)c1ccc(/C(O)=C2\C(=O)C(=O)N(CCCOC)C2c2ccccc2)cc1. The van der Waals surface area contributed by atoms with Crippen LogP contribution in [0, 0.1) is 0 Å². The number of benzene rings is 2. The van der Waals surface area contributed by atoms with Crippen LogP contribution in [0.5, 0.6) is 0 Å². The van der Waals surface area contributed by atoms with Crippen LogP contribution in [0.3, 0.4) is 0 Å². The molecule has 1 atom stereocenters. The summed E-state index contributed by atoms with van der Waals surface area (Å²) in [5.41, 5.74) is 0.934. The Kier molecular flexibility index (Phi) is 8.24. The maximum absolute atomic E-state index is 13.0. The second-order valence-electron chi connectivity index (χ2n) is 7.86. The zero-order valence-electron chi connectivity index (χ0n) is 19.6. The number of aliphatic hydroxyl groups excluding tert-OH is 1. The van der Waals surface area contributed by atoms with Gasteiger partial charge in [-0.2, -0.15) is 4.31 Å². The fourth-order valence-electron chi connectivity index (χ4n) is 4.12. The number of methoxy groups -OCH3 is 1. The molecule has 9 heteroatoms. The van der Waals surface area contributed by atoms with Gasteiger partial charge in [-0.1, -0.05) is 44.2 Å². The molecule has 1 heterocycles. The van der Waals surface area contributed by atoms with Crippen molar-refractivity contribution in [3.63, 3.8) is 0 Å². The molecule has 1 amide bonds. The third-order valence-corrected chi connectivity index (χ3v) is 7.94. The minimum absolute atomic E-state index is 0.0204. The number of carbonyl (C=O) groups excluding carboxylic acids is 2. The van der Waals surface area contributed by atoms with Crippen LogP contribution < -0.4 is 0 Å². The minimum atomic E-state index is -3.66. The molecule has 34 heavy (non-hydrogen) atoms. The number of hydrogen-bond donors (Lipinski definition) is 1. The number of hydrogen-bond acceptors (Lipinski definition) is 6. The van der Waals surface area contributed by atoms with E-state index in [-0.39, 0.29) is 28.3 Å². The van der Waals surface area contributed by atoms with Gasteiger partial charge in [0.2, 0.25) is 10.0 Å². The van der Waals surface area contributed by atoms with Gasteiger partial charge < -0.3 is 14.7 Å². The smallest absolute Gasteiger partial charge is 0.295 e. The number of rotatable bonds is 10. The van der Waals surface area contributed by atoms with Gasteiger partial charge in [-0.05, 0) is 36.2 Å². The van der Waals surface area contributed by atoms with E-state index in [0.29, 0.717) is 31.7 Å². The molecule has 1 fully saturated rings. The summed E-state index contributed by atoms with van der Waals surface area (Å²) in [4.78, 5) is 27.4. The van der Waals surface area contributed by atoms with Crippen LogP contribution in [0.15, 0.2) is 65.1 Å². The van der Waals surface area contributed by atoms with Crippen molar-refractivity contribution in [2.45, 2.75) is 31.2 Å². The van der Waals surface area contributed by atoms with Crippen molar-refractivity contribution in [1.29, 1.82) is 0 Å². The Balaban J connectivity index is 2.05. The lowest BCUT2D eigenvalue weighted by Gasteiger charge is -2.25. The maximum Gasteiger partial charge on any atom is 0.295 e. The Hall–Kier alpha value is -3.01. The lowest BCUT2D eigenvalue weighted by molar-refractivity contribution is -0.140. The molecule has 8 nitrogen and oxygen atoms in total. The molecular weight excluding hydrogens is 456 g/mol. The predicted octanol–water partition coefficient (Wildman–Crippen LogP) is 3.18. The second kappa shape index (κ2) is 10.9. The third kappa shape index (κ3) is 4.91. The van der Waals surface area contributed by atoms with Crippen molar-refractivity contribution in [2.75, 3.05) is 33.4 Å². The van der Waals surface area contributed by atoms with Crippen LogP contribution >= 0.6 is 0 Å². The monoisotopic (exact) mass is 486 g/mol. The first-order valence-corrected chi connectivity index (χ1v) is 12.6. The zero-order valence-corrected chi connectivity index (χ0v) is 20.4. The molecule has 0 radical (unpaired) electrons. The Morgan fingerprint density at radius 2 is 1.65 bits per heavy atom. The van der Waals surface area contributed by atoms with Crippen LogP contribution in [-0.2, 0) is 24.3 Å². The van der Waals surface area contributed by atoms with E-state index in [0.717, 1.165) is 0 Å².